The van der Waals surface area contributed by atoms with Gasteiger partial charge in [0.1, 0.15) is 0 Å². The molecule has 0 unspecified atom stereocenters. The van der Waals surface area contributed by atoms with Gasteiger partial charge < -0.3 is 9.88 Å². The van der Waals surface area contributed by atoms with Crippen molar-refractivity contribution in [2.45, 2.75) is 11.8 Å². The molecule has 28 heavy (non-hydrogen) atoms. The van der Waals surface area contributed by atoms with Crippen LogP contribution in [0.5, 0.6) is 0 Å². The molecule has 1 aliphatic heterocycles. The van der Waals surface area contributed by atoms with Gasteiger partial charge in [-0.25, -0.2) is 8.42 Å². The number of fused-ring (bicyclic) bond motifs is 1. The van der Waals surface area contributed by atoms with E-state index in [9.17, 15) is 18.0 Å². The zero-order chi connectivity index (χ0) is 19.9. The van der Waals surface area contributed by atoms with Crippen molar-refractivity contribution in [1.82, 2.24) is 9.29 Å². The number of anilines is 1. The smallest absolute Gasteiger partial charge is 0.305 e. The topological polar surface area (TPSA) is 90.6 Å². The molecule has 4 rings (SSSR count). The fraction of sp³-hybridized carbons (Fsp3) is 0.263. The normalized spacial score (nSPS) is 15.8. The lowest BCUT2D eigenvalue weighted by Crippen LogP contribution is -2.48. The van der Waals surface area contributed by atoms with Gasteiger partial charge in [0.25, 0.3) is 0 Å². The number of carbonyl (C=O) groups is 1. The molecule has 7 nitrogen and oxygen atoms in total. The molecule has 2 aromatic carbocycles. The number of nitrogens with zero attached hydrogens (tertiary/aromatic N) is 2. The van der Waals surface area contributed by atoms with Crippen LogP contribution in [0, 0.1) is 0 Å². The van der Waals surface area contributed by atoms with Gasteiger partial charge >= 0.3 is 4.87 Å². The van der Waals surface area contributed by atoms with Crippen molar-refractivity contribution in [1.29, 1.82) is 0 Å². The van der Waals surface area contributed by atoms with E-state index in [1.807, 2.05) is 12.1 Å². The molecule has 1 saturated heterocycles. The Balaban J connectivity index is 1.50. The zero-order valence-electron chi connectivity index (χ0n) is 15.2. The molecule has 0 aliphatic carbocycles. The van der Waals surface area contributed by atoms with E-state index in [0.717, 1.165) is 17.0 Å². The van der Waals surface area contributed by atoms with Crippen LogP contribution in [0.2, 0.25) is 0 Å². The molecule has 0 bridgehead atoms. The van der Waals surface area contributed by atoms with Gasteiger partial charge in [-0.2, -0.15) is 4.31 Å². The number of aromatic amines is 1. The molecule has 0 atom stereocenters. The molecular weight excluding hydrogens is 398 g/mol. The fourth-order valence-electron chi connectivity index (χ4n) is 3.33. The highest BCUT2D eigenvalue weighted by Gasteiger charge is 2.29. The first-order valence-electron chi connectivity index (χ1n) is 8.83. The Morgan fingerprint density at radius 1 is 1.04 bits per heavy atom. The molecule has 1 aromatic heterocycles. The minimum absolute atomic E-state index is 0.0203. The van der Waals surface area contributed by atoms with Crippen LogP contribution in [-0.4, -0.2) is 49.7 Å². The second-order valence-corrected chi connectivity index (χ2v) is 9.62. The van der Waals surface area contributed by atoms with Gasteiger partial charge in [0, 0.05) is 37.4 Å². The molecule has 0 radical (unpaired) electrons. The number of H-pyrrole nitrogens is 1. The molecule has 3 aromatic rings. The Morgan fingerprint density at radius 3 is 2.36 bits per heavy atom. The third-order valence-electron chi connectivity index (χ3n) is 4.91. The predicted octanol–water partition coefficient (Wildman–Crippen LogP) is 2.30. The van der Waals surface area contributed by atoms with Crippen molar-refractivity contribution < 1.29 is 13.2 Å². The number of piperazine rings is 1. The lowest BCUT2D eigenvalue weighted by atomic mass is 10.1. The molecule has 1 aliphatic rings. The highest BCUT2D eigenvalue weighted by molar-refractivity contribution is 7.89. The number of carbonyl (C=O) groups excluding carboxylic acids is 1. The number of hydrogen-bond acceptors (Lipinski definition) is 6. The fourth-order valence-corrected chi connectivity index (χ4v) is 5.63. The maximum absolute atomic E-state index is 13.0. The summed E-state index contributed by atoms with van der Waals surface area (Å²) in [4.78, 5) is 27.6. The minimum Gasteiger partial charge on any atom is -0.369 e. The van der Waals surface area contributed by atoms with Gasteiger partial charge in [0.15, 0.2) is 5.78 Å². The van der Waals surface area contributed by atoms with E-state index < -0.39 is 10.0 Å². The van der Waals surface area contributed by atoms with E-state index in [4.69, 9.17) is 0 Å². The molecule has 146 valence electrons. The molecule has 0 spiro atoms. The third kappa shape index (κ3) is 3.48. The summed E-state index contributed by atoms with van der Waals surface area (Å²) in [6.07, 6.45) is 0. The molecule has 2 heterocycles. The summed E-state index contributed by atoms with van der Waals surface area (Å²) in [6.45, 7) is 3.41. The quantitative estimate of drug-likeness (QED) is 0.658. The molecule has 0 amide bonds. The van der Waals surface area contributed by atoms with E-state index in [1.165, 1.54) is 17.3 Å². The Hall–Kier alpha value is -2.49. The summed E-state index contributed by atoms with van der Waals surface area (Å²) in [5.41, 5.74) is 2.28. The van der Waals surface area contributed by atoms with Crippen molar-refractivity contribution in [3.63, 3.8) is 0 Å². The first kappa shape index (κ1) is 18.9. The van der Waals surface area contributed by atoms with E-state index in [-0.39, 0.29) is 15.6 Å². The second kappa shape index (κ2) is 7.16. The lowest BCUT2D eigenvalue weighted by Gasteiger charge is -2.35. The van der Waals surface area contributed by atoms with Crippen LogP contribution in [0.25, 0.3) is 10.2 Å². The van der Waals surface area contributed by atoms with Gasteiger partial charge in [-0.1, -0.05) is 11.3 Å². The van der Waals surface area contributed by atoms with Crippen molar-refractivity contribution in [3.05, 3.63) is 57.7 Å². The second-order valence-electron chi connectivity index (χ2n) is 6.67. The summed E-state index contributed by atoms with van der Waals surface area (Å²) < 4.78 is 28.1. The van der Waals surface area contributed by atoms with Gasteiger partial charge in [0.2, 0.25) is 10.0 Å². The SMILES string of the molecule is CC(=O)c1ccc(N2CCN(S(=O)(=O)c3ccc4[nH]c(=O)sc4c3)CC2)cc1. The predicted molar refractivity (Wildman–Crippen MR) is 110 cm³/mol. The third-order valence-corrected chi connectivity index (χ3v) is 7.65. The maximum Gasteiger partial charge on any atom is 0.305 e. The van der Waals surface area contributed by atoms with E-state index >= 15 is 0 Å². The van der Waals surface area contributed by atoms with Crippen LogP contribution >= 0.6 is 11.3 Å². The van der Waals surface area contributed by atoms with Crippen LogP contribution in [-0.2, 0) is 10.0 Å². The summed E-state index contributed by atoms with van der Waals surface area (Å²) in [5.74, 6) is 0.0203. The number of sulfonamides is 1. The van der Waals surface area contributed by atoms with Crippen LogP contribution < -0.4 is 9.77 Å². The van der Waals surface area contributed by atoms with E-state index in [0.29, 0.717) is 42.0 Å². The minimum atomic E-state index is -3.62. The van der Waals surface area contributed by atoms with E-state index in [1.54, 1.807) is 24.3 Å². The average Bonchev–Trinajstić information content (AvgIpc) is 3.07. The molecule has 1 N–H and O–H groups in total. The van der Waals surface area contributed by atoms with Crippen molar-refractivity contribution in [2.24, 2.45) is 0 Å². The van der Waals surface area contributed by atoms with Crippen molar-refractivity contribution in [2.75, 3.05) is 31.1 Å². The monoisotopic (exact) mass is 417 g/mol. The van der Waals surface area contributed by atoms with Crippen molar-refractivity contribution in [3.8, 4) is 0 Å². The summed E-state index contributed by atoms with van der Waals surface area (Å²) in [6, 6.07) is 12.1. The highest BCUT2D eigenvalue weighted by Crippen LogP contribution is 2.24. The molecular formula is C19H19N3O4S2. The largest absolute Gasteiger partial charge is 0.369 e. The number of Topliss-reactive ketones (excluding diaryl/α,β-unsaturated/α-hetero) is 1. The van der Waals surface area contributed by atoms with Crippen LogP contribution in [0.15, 0.2) is 52.2 Å². The van der Waals surface area contributed by atoms with Crippen LogP contribution in [0.4, 0.5) is 5.69 Å². The molecule has 9 heteroatoms. The molecule has 0 saturated carbocycles. The standard InChI is InChI=1S/C19H19N3O4S2/c1-13(23)14-2-4-15(5-3-14)21-8-10-22(11-9-21)28(25,26)16-6-7-17-18(12-16)27-19(24)20-17/h2-7,12H,8-11H2,1H3,(H,20,24). The number of ketones is 1. The Bertz CT molecular complexity index is 1190. The van der Waals surface area contributed by atoms with Crippen molar-refractivity contribution >= 4 is 43.0 Å². The molecule has 1 fully saturated rings. The van der Waals surface area contributed by atoms with Gasteiger partial charge in [-0.15, -0.1) is 0 Å². The lowest BCUT2D eigenvalue weighted by molar-refractivity contribution is 0.101. The zero-order valence-corrected chi connectivity index (χ0v) is 16.8. The number of thiazole rings is 1. The number of hydrogen-bond donors (Lipinski definition) is 1. The average molecular weight is 418 g/mol. The number of aromatic nitrogens is 1. The maximum atomic E-state index is 13.0. The first-order valence-corrected chi connectivity index (χ1v) is 11.1. The van der Waals surface area contributed by atoms with E-state index in [2.05, 4.69) is 9.88 Å². The first-order chi connectivity index (χ1) is 13.3. The van der Waals surface area contributed by atoms with Gasteiger partial charge in [-0.05, 0) is 49.4 Å². The summed E-state index contributed by atoms with van der Waals surface area (Å²) >= 11 is 1.00. The Labute approximate surface area is 166 Å². The number of benzene rings is 2. The Kier molecular flexibility index (Phi) is 4.82. The Morgan fingerprint density at radius 2 is 1.71 bits per heavy atom. The summed E-state index contributed by atoms with van der Waals surface area (Å²) in [5, 5.41) is 0. The summed E-state index contributed by atoms with van der Waals surface area (Å²) in [7, 11) is -3.62. The van der Waals surface area contributed by atoms with Gasteiger partial charge in [-0.3, -0.25) is 9.59 Å². The number of nitrogens with one attached hydrogen (secondary N) is 1. The van der Waals surface area contributed by atoms with Crippen LogP contribution in [0.1, 0.15) is 17.3 Å². The van der Waals surface area contributed by atoms with Crippen LogP contribution in [0.3, 0.4) is 0 Å². The highest BCUT2D eigenvalue weighted by atomic mass is 32.2. The number of rotatable bonds is 4. The van der Waals surface area contributed by atoms with Gasteiger partial charge in [0.05, 0.1) is 15.1 Å².